The highest BCUT2D eigenvalue weighted by Gasteiger charge is 2.06. The summed E-state index contributed by atoms with van der Waals surface area (Å²) >= 11 is 5.52. The smallest absolute Gasteiger partial charge is 0.335 e. The van der Waals surface area contributed by atoms with Gasteiger partial charge in [-0.25, -0.2) is 4.79 Å². The first-order chi connectivity index (χ1) is 13.3. The number of nitrogens with zero attached hydrogens (tertiary/aromatic N) is 1. The van der Waals surface area contributed by atoms with Gasteiger partial charge in [-0.15, -0.1) is 0 Å². The molecule has 2 aromatic carbocycles. The molecule has 0 aliphatic heterocycles. The van der Waals surface area contributed by atoms with Gasteiger partial charge >= 0.3 is 5.97 Å². The monoisotopic (exact) mass is 406 g/mol. The molecular formula is C20H23ClN2O5. The van der Waals surface area contributed by atoms with Crippen LogP contribution in [0.15, 0.2) is 48.5 Å². The van der Waals surface area contributed by atoms with Crippen LogP contribution in [-0.2, 0) is 0 Å². The van der Waals surface area contributed by atoms with Gasteiger partial charge < -0.3 is 10.8 Å². The lowest BCUT2D eigenvalue weighted by molar-refractivity contribution is -0.384. The summed E-state index contributed by atoms with van der Waals surface area (Å²) in [7, 11) is 0. The molecule has 28 heavy (non-hydrogen) atoms. The van der Waals surface area contributed by atoms with E-state index in [0.717, 1.165) is 0 Å². The number of non-ortho nitro benzene ring substituents is 1. The molecule has 0 radical (unpaired) electrons. The Labute approximate surface area is 168 Å². The first kappa shape index (κ1) is 23.3. The minimum absolute atomic E-state index is 0.00407. The molecule has 0 aromatic heterocycles. The highest BCUT2D eigenvalue weighted by atomic mass is 35.5. The van der Waals surface area contributed by atoms with Gasteiger partial charge in [0.25, 0.3) is 5.69 Å². The molecule has 0 atom stereocenters. The molecular weight excluding hydrogens is 384 g/mol. The Morgan fingerprint density at radius 2 is 1.61 bits per heavy atom. The van der Waals surface area contributed by atoms with Crippen molar-refractivity contribution in [1.82, 2.24) is 0 Å². The fourth-order valence-electron chi connectivity index (χ4n) is 2.40. The van der Waals surface area contributed by atoms with Crippen molar-refractivity contribution in [3.8, 4) is 0 Å². The van der Waals surface area contributed by atoms with E-state index in [1.165, 1.54) is 68.5 Å². The number of aromatic carboxylic acids is 1. The second-order valence-electron chi connectivity index (χ2n) is 6.18. The average molecular weight is 407 g/mol. The summed E-state index contributed by atoms with van der Waals surface area (Å²) < 4.78 is 0. The first-order valence-electron chi connectivity index (χ1n) is 8.77. The summed E-state index contributed by atoms with van der Waals surface area (Å²) in [6.07, 6.45) is 7.31. The van der Waals surface area contributed by atoms with Crippen LogP contribution in [0, 0.1) is 10.1 Å². The van der Waals surface area contributed by atoms with E-state index in [1.54, 1.807) is 12.1 Å². The molecule has 0 spiro atoms. The van der Waals surface area contributed by atoms with E-state index < -0.39 is 10.9 Å². The number of carboxylic acid groups (broad SMARTS) is 1. The number of carbonyl (C=O) groups excluding carboxylic acids is 1. The Hall–Kier alpha value is -2.77. The largest absolute Gasteiger partial charge is 0.478 e. The zero-order valence-corrected chi connectivity index (χ0v) is 16.0. The number of nitrogens with two attached hydrogens (primary N) is 1. The number of nitro benzene ring substituents is 1. The molecule has 3 N–H and O–H groups in total. The Morgan fingerprint density at radius 1 is 1.07 bits per heavy atom. The van der Waals surface area contributed by atoms with Gasteiger partial charge in [-0.1, -0.05) is 30.9 Å². The summed E-state index contributed by atoms with van der Waals surface area (Å²) in [5.41, 5.74) is 6.33. The van der Waals surface area contributed by atoms with Crippen LogP contribution in [0.4, 0.5) is 5.69 Å². The Kier molecular flexibility index (Phi) is 10.5. The third kappa shape index (κ3) is 9.25. The number of aldehydes is 1. The molecule has 1 aliphatic rings. The van der Waals surface area contributed by atoms with E-state index in [1.807, 2.05) is 0 Å². The molecule has 2 aromatic rings. The standard InChI is InChI=1S/C7H5ClO2.C7H5NO3.C6H13N/c8-6-3-1-5(2-4-6)7(9)10;9-5-6-1-3-7(4-2-6)8(10)11;7-6-4-2-1-3-5-6/h1-4H,(H,9,10);1-5H;6H,1-5,7H2. The number of hydrogen-bond acceptors (Lipinski definition) is 5. The molecule has 8 heteroatoms. The van der Waals surface area contributed by atoms with E-state index in [0.29, 0.717) is 22.9 Å². The number of rotatable bonds is 3. The molecule has 1 fully saturated rings. The lowest BCUT2D eigenvalue weighted by Crippen LogP contribution is -2.22. The maximum atomic E-state index is 10.3. The van der Waals surface area contributed by atoms with E-state index in [9.17, 15) is 19.7 Å². The molecule has 150 valence electrons. The molecule has 0 unspecified atom stereocenters. The average Bonchev–Trinajstić information content (AvgIpc) is 2.70. The Balaban J connectivity index is 0.000000215. The van der Waals surface area contributed by atoms with Gasteiger partial charge in [-0.2, -0.15) is 0 Å². The van der Waals surface area contributed by atoms with Crippen LogP contribution in [0.1, 0.15) is 52.8 Å². The van der Waals surface area contributed by atoms with Crippen molar-refractivity contribution in [1.29, 1.82) is 0 Å². The minimum Gasteiger partial charge on any atom is -0.478 e. The van der Waals surface area contributed by atoms with E-state index in [2.05, 4.69) is 0 Å². The fraction of sp³-hybridized carbons (Fsp3) is 0.300. The number of benzene rings is 2. The molecule has 1 saturated carbocycles. The molecule has 1 aliphatic carbocycles. The third-order valence-electron chi connectivity index (χ3n) is 3.98. The maximum Gasteiger partial charge on any atom is 0.335 e. The lowest BCUT2D eigenvalue weighted by Gasteiger charge is -2.15. The summed E-state index contributed by atoms with van der Waals surface area (Å²) in [4.78, 5) is 30.0. The number of carboxylic acids is 1. The zero-order chi connectivity index (χ0) is 20.9. The number of carbonyl (C=O) groups is 2. The SMILES string of the molecule is NC1CCCCC1.O=C(O)c1ccc(Cl)cc1.O=Cc1ccc([N+](=O)[O-])cc1. The van der Waals surface area contributed by atoms with Crippen molar-refractivity contribution in [3.63, 3.8) is 0 Å². The summed E-state index contributed by atoms with van der Waals surface area (Å²) in [5, 5.41) is 19.1. The molecule has 0 bridgehead atoms. The summed E-state index contributed by atoms with van der Waals surface area (Å²) in [6.45, 7) is 0. The first-order valence-corrected chi connectivity index (χ1v) is 9.15. The van der Waals surface area contributed by atoms with Crippen molar-refractivity contribution in [3.05, 3.63) is 74.8 Å². The number of nitro groups is 1. The predicted molar refractivity (Wildman–Crippen MR) is 108 cm³/mol. The van der Waals surface area contributed by atoms with Gasteiger partial charge in [-0.05, 0) is 49.2 Å². The van der Waals surface area contributed by atoms with Gasteiger partial charge in [0.2, 0.25) is 0 Å². The van der Waals surface area contributed by atoms with Crippen molar-refractivity contribution >= 4 is 29.5 Å². The van der Waals surface area contributed by atoms with Crippen LogP contribution in [0.5, 0.6) is 0 Å². The van der Waals surface area contributed by atoms with E-state index >= 15 is 0 Å². The highest BCUT2D eigenvalue weighted by molar-refractivity contribution is 6.30. The zero-order valence-electron chi connectivity index (χ0n) is 15.3. The van der Waals surface area contributed by atoms with Gasteiger partial charge in [-0.3, -0.25) is 14.9 Å². The van der Waals surface area contributed by atoms with Crippen LogP contribution < -0.4 is 5.73 Å². The second-order valence-corrected chi connectivity index (χ2v) is 6.61. The van der Waals surface area contributed by atoms with Crippen molar-refractivity contribution < 1.29 is 19.6 Å². The lowest BCUT2D eigenvalue weighted by atomic mass is 9.97. The predicted octanol–water partition coefficient (Wildman–Crippen LogP) is 4.72. The fourth-order valence-corrected chi connectivity index (χ4v) is 2.53. The topological polar surface area (TPSA) is 124 Å². The Bertz CT molecular complexity index is 757. The Morgan fingerprint density at radius 3 is 1.96 bits per heavy atom. The third-order valence-corrected chi connectivity index (χ3v) is 4.23. The summed E-state index contributed by atoms with van der Waals surface area (Å²) in [6, 6.07) is 12.0. The van der Waals surface area contributed by atoms with E-state index in [4.69, 9.17) is 22.4 Å². The van der Waals surface area contributed by atoms with Gasteiger partial charge in [0.15, 0.2) is 0 Å². The molecule has 0 saturated heterocycles. The molecule has 0 heterocycles. The normalized spacial score (nSPS) is 13.2. The molecule has 7 nitrogen and oxygen atoms in total. The van der Waals surface area contributed by atoms with Crippen molar-refractivity contribution in [2.45, 2.75) is 38.1 Å². The van der Waals surface area contributed by atoms with Crippen LogP contribution in [0.25, 0.3) is 0 Å². The van der Waals surface area contributed by atoms with Gasteiger partial charge in [0, 0.05) is 28.8 Å². The van der Waals surface area contributed by atoms with Crippen molar-refractivity contribution in [2.75, 3.05) is 0 Å². The number of halogens is 1. The van der Waals surface area contributed by atoms with Crippen molar-refractivity contribution in [2.24, 2.45) is 5.73 Å². The van der Waals surface area contributed by atoms with Crippen LogP contribution >= 0.6 is 11.6 Å². The summed E-state index contributed by atoms with van der Waals surface area (Å²) in [5.74, 6) is -0.934. The highest BCUT2D eigenvalue weighted by Crippen LogP contribution is 2.14. The van der Waals surface area contributed by atoms with Crippen LogP contribution in [-0.4, -0.2) is 28.3 Å². The van der Waals surface area contributed by atoms with Gasteiger partial charge in [0.05, 0.1) is 10.5 Å². The number of hydrogen-bond donors (Lipinski definition) is 2. The maximum absolute atomic E-state index is 10.3. The molecule has 3 rings (SSSR count). The van der Waals surface area contributed by atoms with Crippen LogP contribution in [0.3, 0.4) is 0 Å². The van der Waals surface area contributed by atoms with Gasteiger partial charge in [0.1, 0.15) is 6.29 Å². The second kappa shape index (κ2) is 12.6. The quantitative estimate of drug-likeness (QED) is 0.431. The van der Waals surface area contributed by atoms with E-state index in [-0.39, 0.29) is 11.3 Å². The van der Waals surface area contributed by atoms with Crippen LogP contribution in [0.2, 0.25) is 5.02 Å². The molecule has 0 amide bonds. The minimum atomic E-state index is -0.934.